The van der Waals surface area contributed by atoms with Crippen molar-refractivity contribution in [3.63, 3.8) is 0 Å². The lowest BCUT2D eigenvalue weighted by atomic mass is 9.98. The second-order valence-electron chi connectivity index (χ2n) is 4.71. The minimum absolute atomic E-state index is 0.0962. The van der Waals surface area contributed by atoms with Crippen LogP contribution in [-0.2, 0) is 9.53 Å². The zero-order valence-corrected chi connectivity index (χ0v) is 12.3. The van der Waals surface area contributed by atoms with Crippen molar-refractivity contribution in [2.45, 2.75) is 26.3 Å². The quantitative estimate of drug-likeness (QED) is 0.779. The summed E-state index contributed by atoms with van der Waals surface area (Å²) in [6.07, 6.45) is 0.607. The van der Waals surface area contributed by atoms with Gasteiger partial charge in [0.15, 0.2) is 0 Å². The van der Waals surface area contributed by atoms with E-state index in [2.05, 4.69) is 10.1 Å². The number of benzene rings is 1. The van der Waals surface area contributed by atoms with Crippen LogP contribution in [0.15, 0.2) is 24.3 Å². The molecule has 2 atom stereocenters. The van der Waals surface area contributed by atoms with E-state index >= 15 is 0 Å². The second-order valence-corrected chi connectivity index (χ2v) is 4.71. The molecule has 1 amide bonds. The molecule has 0 bridgehead atoms. The number of rotatable bonds is 6. The average molecular weight is 293 g/mol. The van der Waals surface area contributed by atoms with Crippen LogP contribution in [0.25, 0.3) is 0 Å². The molecule has 0 aliphatic rings. The molecule has 0 spiro atoms. The third-order valence-corrected chi connectivity index (χ3v) is 3.34. The van der Waals surface area contributed by atoms with E-state index in [-0.39, 0.29) is 17.0 Å². The molecule has 2 unspecified atom stereocenters. The highest BCUT2D eigenvalue weighted by Gasteiger charge is 2.27. The van der Waals surface area contributed by atoms with Gasteiger partial charge in [0.1, 0.15) is 6.04 Å². The number of ether oxygens (including phenoxy) is 1. The van der Waals surface area contributed by atoms with Gasteiger partial charge < -0.3 is 15.2 Å². The zero-order valence-electron chi connectivity index (χ0n) is 12.3. The number of nitrogens with one attached hydrogen (secondary N) is 1. The maximum absolute atomic E-state index is 12.2. The molecule has 0 aliphatic heterocycles. The van der Waals surface area contributed by atoms with Gasteiger partial charge in [-0.15, -0.1) is 0 Å². The molecule has 1 rings (SSSR count). The van der Waals surface area contributed by atoms with E-state index in [9.17, 15) is 19.5 Å². The number of hydrogen-bond acceptors (Lipinski definition) is 4. The van der Waals surface area contributed by atoms with Crippen LogP contribution in [0.4, 0.5) is 0 Å². The predicted molar refractivity (Wildman–Crippen MR) is 76.1 cm³/mol. The zero-order chi connectivity index (χ0) is 16.0. The first-order valence-electron chi connectivity index (χ1n) is 6.63. The van der Waals surface area contributed by atoms with Crippen molar-refractivity contribution in [2.75, 3.05) is 7.11 Å². The van der Waals surface area contributed by atoms with Gasteiger partial charge >= 0.3 is 11.9 Å². The molecular formula is C15H19NO5. The van der Waals surface area contributed by atoms with E-state index < -0.39 is 23.9 Å². The summed E-state index contributed by atoms with van der Waals surface area (Å²) in [5.74, 6) is -2.58. The molecule has 0 saturated heterocycles. The van der Waals surface area contributed by atoms with Gasteiger partial charge in [-0.2, -0.15) is 0 Å². The molecule has 0 radical (unpaired) electrons. The molecule has 1 aromatic carbocycles. The van der Waals surface area contributed by atoms with Crippen molar-refractivity contribution >= 4 is 17.8 Å². The highest BCUT2D eigenvalue weighted by molar-refractivity contribution is 6.06. The molecular weight excluding hydrogens is 274 g/mol. The van der Waals surface area contributed by atoms with Crippen LogP contribution in [-0.4, -0.2) is 36.1 Å². The normalized spacial score (nSPS) is 13.1. The Kier molecular flexibility index (Phi) is 5.90. The van der Waals surface area contributed by atoms with E-state index in [1.54, 1.807) is 19.1 Å². The van der Waals surface area contributed by atoms with Gasteiger partial charge in [0.25, 0.3) is 5.91 Å². The lowest BCUT2D eigenvalue weighted by molar-refractivity contribution is -0.140. The number of carbonyl (C=O) groups excluding carboxylic acids is 2. The first-order chi connectivity index (χ1) is 9.92. The minimum Gasteiger partial charge on any atom is -0.480 e. The molecule has 0 heterocycles. The molecule has 0 saturated carbocycles. The Morgan fingerprint density at radius 2 is 1.81 bits per heavy atom. The number of hydrogen-bond donors (Lipinski definition) is 2. The highest BCUT2D eigenvalue weighted by Crippen LogP contribution is 2.13. The molecule has 6 heteroatoms. The van der Waals surface area contributed by atoms with Crippen LogP contribution >= 0.6 is 0 Å². The monoisotopic (exact) mass is 293 g/mol. The number of methoxy groups -OCH3 is 1. The van der Waals surface area contributed by atoms with E-state index in [1.807, 2.05) is 6.92 Å². The molecule has 0 aliphatic carbocycles. The molecule has 2 N–H and O–H groups in total. The van der Waals surface area contributed by atoms with Crippen molar-refractivity contribution in [2.24, 2.45) is 5.92 Å². The largest absolute Gasteiger partial charge is 0.480 e. The summed E-state index contributed by atoms with van der Waals surface area (Å²) in [4.78, 5) is 35.1. The maximum Gasteiger partial charge on any atom is 0.338 e. The van der Waals surface area contributed by atoms with Crippen molar-refractivity contribution in [1.82, 2.24) is 5.32 Å². The van der Waals surface area contributed by atoms with Crippen molar-refractivity contribution in [1.29, 1.82) is 0 Å². The highest BCUT2D eigenvalue weighted by atomic mass is 16.5. The van der Waals surface area contributed by atoms with E-state index in [1.165, 1.54) is 19.2 Å². The summed E-state index contributed by atoms with van der Waals surface area (Å²) in [5.41, 5.74) is 0.199. The number of carboxylic acid groups (broad SMARTS) is 1. The van der Waals surface area contributed by atoms with Crippen LogP contribution in [0.2, 0.25) is 0 Å². The van der Waals surface area contributed by atoms with Crippen LogP contribution in [0.1, 0.15) is 41.0 Å². The SMILES string of the molecule is CCC(C)C(NC(=O)c1ccccc1C(=O)OC)C(=O)O. The number of aliphatic carboxylic acids is 1. The van der Waals surface area contributed by atoms with E-state index in [0.717, 1.165) is 0 Å². The van der Waals surface area contributed by atoms with E-state index in [4.69, 9.17) is 0 Å². The van der Waals surface area contributed by atoms with Crippen LogP contribution in [0.3, 0.4) is 0 Å². The average Bonchev–Trinajstić information content (AvgIpc) is 2.50. The van der Waals surface area contributed by atoms with Gasteiger partial charge in [-0.05, 0) is 18.1 Å². The first-order valence-corrected chi connectivity index (χ1v) is 6.63. The van der Waals surface area contributed by atoms with Gasteiger partial charge in [-0.1, -0.05) is 32.4 Å². The van der Waals surface area contributed by atoms with Gasteiger partial charge in [-0.25, -0.2) is 9.59 Å². The lowest BCUT2D eigenvalue weighted by Crippen LogP contribution is -2.45. The van der Waals surface area contributed by atoms with Crippen LogP contribution in [0.5, 0.6) is 0 Å². The second kappa shape index (κ2) is 7.42. The van der Waals surface area contributed by atoms with Crippen molar-refractivity contribution < 1.29 is 24.2 Å². The minimum atomic E-state index is -1.10. The fraction of sp³-hybridized carbons (Fsp3) is 0.400. The summed E-state index contributed by atoms with van der Waals surface area (Å²) in [6, 6.07) is 5.11. The molecule has 114 valence electrons. The number of carbonyl (C=O) groups is 3. The predicted octanol–water partition coefficient (Wildman–Crippen LogP) is 1.70. The maximum atomic E-state index is 12.2. The Morgan fingerprint density at radius 3 is 2.29 bits per heavy atom. The topological polar surface area (TPSA) is 92.7 Å². The Morgan fingerprint density at radius 1 is 1.24 bits per heavy atom. The fourth-order valence-corrected chi connectivity index (χ4v) is 1.87. The molecule has 0 aromatic heterocycles. The van der Waals surface area contributed by atoms with Crippen LogP contribution < -0.4 is 5.32 Å². The van der Waals surface area contributed by atoms with Gasteiger partial charge in [-0.3, -0.25) is 4.79 Å². The van der Waals surface area contributed by atoms with Crippen molar-refractivity contribution in [3.05, 3.63) is 35.4 Å². The fourth-order valence-electron chi connectivity index (χ4n) is 1.87. The molecule has 6 nitrogen and oxygen atoms in total. The third-order valence-electron chi connectivity index (χ3n) is 3.34. The summed E-state index contributed by atoms with van der Waals surface area (Å²) < 4.78 is 4.61. The molecule has 21 heavy (non-hydrogen) atoms. The van der Waals surface area contributed by atoms with Gasteiger partial charge in [0.05, 0.1) is 18.2 Å². The molecule has 0 fully saturated rings. The third kappa shape index (κ3) is 4.05. The summed E-state index contributed by atoms with van der Waals surface area (Å²) in [6.45, 7) is 3.58. The summed E-state index contributed by atoms with van der Waals surface area (Å²) >= 11 is 0. The summed E-state index contributed by atoms with van der Waals surface area (Å²) in [7, 11) is 1.22. The summed E-state index contributed by atoms with van der Waals surface area (Å²) in [5, 5.41) is 11.6. The molecule has 1 aromatic rings. The van der Waals surface area contributed by atoms with Crippen molar-refractivity contribution in [3.8, 4) is 0 Å². The van der Waals surface area contributed by atoms with Crippen LogP contribution in [0, 0.1) is 5.92 Å². The Labute approximate surface area is 123 Å². The van der Waals surface area contributed by atoms with E-state index in [0.29, 0.717) is 6.42 Å². The lowest BCUT2D eigenvalue weighted by Gasteiger charge is -2.20. The van der Waals surface area contributed by atoms with Gasteiger partial charge in [0.2, 0.25) is 0 Å². The Hall–Kier alpha value is -2.37. The smallest absolute Gasteiger partial charge is 0.338 e. The standard InChI is InChI=1S/C15H19NO5/c1-4-9(2)12(14(18)19)16-13(17)10-7-5-6-8-11(10)15(20)21-3/h5-9,12H,4H2,1-3H3,(H,16,17)(H,18,19). The Balaban J connectivity index is 3.03. The number of esters is 1. The Bertz CT molecular complexity index is 541. The number of carboxylic acids is 1. The number of amides is 1. The first kappa shape index (κ1) is 16.7. The van der Waals surface area contributed by atoms with Gasteiger partial charge in [0, 0.05) is 0 Å².